The van der Waals surface area contributed by atoms with Gasteiger partial charge in [0.05, 0.1) is 5.69 Å². The smallest absolute Gasteiger partial charge is 0.235 e. The van der Waals surface area contributed by atoms with Crippen LogP contribution < -0.4 is 4.90 Å². The highest BCUT2D eigenvalue weighted by molar-refractivity contribution is 6.30. The first-order chi connectivity index (χ1) is 16.0. The molecule has 2 amide bonds. The second-order valence-corrected chi connectivity index (χ2v) is 9.16. The summed E-state index contributed by atoms with van der Waals surface area (Å²) in [6, 6.07) is 11.2. The van der Waals surface area contributed by atoms with Gasteiger partial charge in [0.25, 0.3) is 0 Å². The van der Waals surface area contributed by atoms with Crippen molar-refractivity contribution in [2.75, 3.05) is 4.90 Å². The molecule has 172 valence electrons. The number of imide groups is 1. The van der Waals surface area contributed by atoms with Crippen molar-refractivity contribution in [1.29, 1.82) is 0 Å². The zero-order chi connectivity index (χ0) is 23.2. The van der Waals surface area contributed by atoms with Gasteiger partial charge in [-0.2, -0.15) is 5.10 Å². The molecule has 0 spiro atoms. The van der Waals surface area contributed by atoms with Gasteiger partial charge in [0.15, 0.2) is 0 Å². The maximum absolute atomic E-state index is 13.3. The van der Waals surface area contributed by atoms with Crippen LogP contribution in [0.5, 0.6) is 0 Å². The summed E-state index contributed by atoms with van der Waals surface area (Å²) in [6.07, 6.45) is 10.2. The fourth-order valence-corrected chi connectivity index (χ4v) is 4.66. The van der Waals surface area contributed by atoms with Crippen molar-refractivity contribution in [3.05, 3.63) is 64.9 Å². The zero-order valence-corrected chi connectivity index (χ0v) is 19.6. The number of hydrogen-bond donors (Lipinski definition) is 1. The first-order valence-electron chi connectivity index (χ1n) is 11.6. The molecule has 2 aromatic heterocycles. The molecule has 0 bridgehead atoms. The van der Waals surface area contributed by atoms with E-state index in [1.807, 2.05) is 43.3 Å². The lowest BCUT2D eigenvalue weighted by Crippen LogP contribution is -2.38. The summed E-state index contributed by atoms with van der Waals surface area (Å²) in [6.45, 7) is 1.89. The number of carbonyl (C=O) groups is 2. The molecule has 4 rings (SSSR count). The number of rotatable bonds is 8. The van der Waals surface area contributed by atoms with E-state index in [-0.39, 0.29) is 18.2 Å². The number of nitrogens with zero attached hydrogens (tertiary/aromatic N) is 3. The highest BCUT2D eigenvalue weighted by Gasteiger charge is 2.28. The second kappa shape index (κ2) is 10.8. The first-order valence-corrected chi connectivity index (χ1v) is 12.0. The van der Waals surface area contributed by atoms with Crippen molar-refractivity contribution in [3.63, 3.8) is 0 Å². The number of aromatic amines is 1. The third-order valence-corrected chi connectivity index (χ3v) is 6.69. The molecule has 0 atom stereocenters. The number of nitrogens with one attached hydrogen (secondary N) is 1. The van der Waals surface area contributed by atoms with Crippen molar-refractivity contribution in [2.24, 2.45) is 5.92 Å². The lowest BCUT2D eigenvalue weighted by atomic mass is 10.0. The number of hydrogen-bond acceptors (Lipinski definition) is 4. The van der Waals surface area contributed by atoms with Crippen LogP contribution >= 0.6 is 11.6 Å². The van der Waals surface area contributed by atoms with Crippen LogP contribution in [-0.2, 0) is 16.0 Å². The minimum atomic E-state index is -0.227. The number of benzene rings is 1. The monoisotopic (exact) mass is 464 g/mol. The van der Waals surface area contributed by atoms with Crippen LogP contribution in [0.15, 0.2) is 48.8 Å². The molecule has 1 aliphatic rings. The van der Waals surface area contributed by atoms with E-state index in [9.17, 15) is 9.59 Å². The van der Waals surface area contributed by atoms with E-state index in [2.05, 4.69) is 15.2 Å². The van der Waals surface area contributed by atoms with Gasteiger partial charge in [-0.15, -0.1) is 0 Å². The molecule has 0 aliphatic heterocycles. The number of halogens is 1. The molecule has 1 fully saturated rings. The van der Waals surface area contributed by atoms with Crippen molar-refractivity contribution in [2.45, 2.75) is 58.3 Å². The summed E-state index contributed by atoms with van der Waals surface area (Å²) in [5, 5.41) is 8.05. The maximum atomic E-state index is 13.3. The van der Waals surface area contributed by atoms with E-state index in [1.54, 1.807) is 12.4 Å². The summed E-state index contributed by atoms with van der Waals surface area (Å²) in [5.41, 5.74) is 3.38. The van der Waals surface area contributed by atoms with Crippen molar-refractivity contribution >= 4 is 29.2 Å². The molecule has 1 N–H and O–H groups in total. The van der Waals surface area contributed by atoms with Gasteiger partial charge in [-0.3, -0.25) is 19.7 Å². The molecular formula is C26H29ClN4O2. The normalized spacial score (nSPS) is 13.9. The number of pyridine rings is 1. The fourth-order valence-electron chi connectivity index (χ4n) is 4.54. The Morgan fingerprint density at radius 2 is 1.70 bits per heavy atom. The van der Waals surface area contributed by atoms with Gasteiger partial charge in [0.1, 0.15) is 5.82 Å². The largest absolute Gasteiger partial charge is 0.274 e. The summed E-state index contributed by atoms with van der Waals surface area (Å²) in [5.74, 6) is 0.639. The lowest BCUT2D eigenvalue weighted by molar-refractivity contribution is -0.126. The first kappa shape index (κ1) is 23.2. The van der Waals surface area contributed by atoms with Crippen LogP contribution in [0, 0.1) is 12.8 Å². The van der Waals surface area contributed by atoms with Crippen LogP contribution in [0.3, 0.4) is 0 Å². The molecule has 1 saturated carbocycles. The third-order valence-electron chi connectivity index (χ3n) is 6.44. The summed E-state index contributed by atoms with van der Waals surface area (Å²) < 4.78 is 0. The average Bonchev–Trinajstić information content (AvgIpc) is 3.48. The molecule has 1 aromatic carbocycles. The van der Waals surface area contributed by atoms with Crippen LogP contribution in [-0.4, -0.2) is 27.0 Å². The van der Waals surface area contributed by atoms with E-state index in [4.69, 9.17) is 11.6 Å². The summed E-state index contributed by atoms with van der Waals surface area (Å²) >= 11 is 5.97. The van der Waals surface area contributed by atoms with Gasteiger partial charge in [-0.25, -0.2) is 4.90 Å². The number of aromatic nitrogens is 3. The standard InChI is InChI=1S/C26H29ClN4O2/c1-18-25(21-14-16-28-17-15-21)29-30-26(18)31(23(32)12-8-19-4-2-3-5-19)24(33)13-9-20-6-10-22(27)11-7-20/h6-7,10-11,14-17,19H,2-5,8-9,12-13H2,1H3,(H,29,30). The highest BCUT2D eigenvalue weighted by atomic mass is 35.5. The van der Waals surface area contributed by atoms with Gasteiger partial charge in [-0.1, -0.05) is 49.4 Å². The minimum Gasteiger partial charge on any atom is -0.274 e. The number of carbonyl (C=O) groups excluding carboxylic acids is 2. The molecule has 2 heterocycles. The van der Waals surface area contributed by atoms with Gasteiger partial charge >= 0.3 is 0 Å². The number of H-pyrrole nitrogens is 1. The SMILES string of the molecule is Cc1c(-c2ccncc2)n[nH]c1N(C(=O)CCc1ccc(Cl)cc1)C(=O)CCC1CCCC1. The molecule has 0 unspecified atom stereocenters. The zero-order valence-electron chi connectivity index (χ0n) is 18.9. The van der Waals surface area contributed by atoms with Crippen LogP contribution in [0.1, 0.15) is 56.1 Å². The Hall–Kier alpha value is -2.99. The van der Waals surface area contributed by atoms with Crippen molar-refractivity contribution in [1.82, 2.24) is 15.2 Å². The average molecular weight is 465 g/mol. The maximum Gasteiger partial charge on any atom is 0.235 e. The highest BCUT2D eigenvalue weighted by Crippen LogP contribution is 2.31. The van der Waals surface area contributed by atoms with Crippen LogP contribution in [0.25, 0.3) is 11.3 Å². The van der Waals surface area contributed by atoms with Gasteiger partial charge in [0.2, 0.25) is 11.8 Å². The van der Waals surface area contributed by atoms with E-state index in [0.717, 1.165) is 23.1 Å². The van der Waals surface area contributed by atoms with Crippen molar-refractivity contribution < 1.29 is 9.59 Å². The molecule has 7 heteroatoms. The number of aryl methyl sites for hydroxylation is 1. The predicted molar refractivity (Wildman–Crippen MR) is 130 cm³/mol. The Labute approximate surface area is 199 Å². The molecule has 6 nitrogen and oxygen atoms in total. The van der Waals surface area contributed by atoms with E-state index < -0.39 is 0 Å². The van der Waals surface area contributed by atoms with Gasteiger partial charge < -0.3 is 0 Å². The van der Waals surface area contributed by atoms with E-state index in [0.29, 0.717) is 35.3 Å². The summed E-state index contributed by atoms with van der Waals surface area (Å²) in [7, 11) is 0. The molecule has 3 aromatic rings. The minimum absolute atomic E-state index is 0.170. The van der Waals surface area contributed by atoms with Crippen molar-refractivity contribution in [3.8, 4) is 11.3 Å². The predicted octanol–water partition coefficient (Wildman–Crippen LogP) is 5.90. The van der Waals surface area contributed by atoms with Crippen LogP contribution in [0.4, 0.5) is 5.82 Å². The van der Waals surface area contributed by atoms with Crippen LogP contribution in [0.2, 0.25) is 5.02 Å². The number of amides is 2. The topological polar surface area (TPSA) is 79.0 Å². The lowest BCUT2D eigenvalue weighted by Gasteiger charge is -2.21. The Balaban J connectivity index is 1.55. The number of anilines is 1. The van der Waals surface area contributed by atoms with Gasteiger partial charge in [0, 0.05) is 41.4 Å². The molecule has 33 heavy (non-hydrogen) atoms. The van der Waals surface area contributed by atoms with E-state index in [1.165, 1.54) is 30.6 Å². The fraction of sp³-hybridized carbons (Fsp3) is 0.385. The third kappa shape index (κ3) is 5.69. The quantitative estimate of drug-likeness (QED) is 0.450. The van der Waals surface area contributed by atoms with E-state index >= 15 is 0 Å². The Kier molecular flexibility index (Phi) is 7.55. The Morgan fingerprint density at radius 3 is 2.39 bits per heavy atom. The Morgan fingerprint density at radius 1 is 1.03 bits per heavy atom. The second-order valence-electron chi connectivity index (χ2n) is 8.72. The summed E-state index contributed by atoms with van der Waals surface area (Å²) in [4.78, 5) is 32.0. The molecule has 1 aliphatic carbocycles. The van der Waals surface area contributed by atoms with Gasteiger partial charge in [-0.05, 0) is 55.5 Å². The molecule has 0 saturated heterocycles. The molecular weight excluding hydrogens is 436 g/mol. The molecule has 0 radical (unpaired) electrons. The Bertz CT molecular complexity index is 1090.